The Kier molecular flexibility index (Phi) is 3.98. The summed E-state index contributed by atoms with van der Waals surface area (Å²) in [7, 11) is 0. The Morgan fingerprint density at radius 2 is 2.00 bits per heavy atom. The second kappa shape index (κ2) is 5.73. The van der Waals surface area contributed by atoms with Crippen LogP contribution < -0.4 is 0 Å². The lowest BCUT2D eigenvalue weighted by Crippen LogP contribution is -2.48. The Labute approximate surface area is 124 Å². The number of aliphatic imine (C=N–C) groups is 1. The third kappa shape index (κ3) is 3.32. The van der Waals surface area contributed by atoms with Crippen LogP contribution in [0.1, 0.15) is 13.8 Å². The van der Waals surface area contributed by atoms with E-state index in [0.29, 0.717) is 0 Å². The fraction of sp³-hybridized carbons (Fsp3) is 0.769. The Hall–Kier alpha value is -1.08. The van der Waals surface area contributed by atoms with Gasteiger partial charge in [0.2, 0.25) is 0 Å². The number of rotatable bonds is 3. The monoisotopic (exact) mass is 294 g/mol. The lowest BCUT2D eigenvalue weighted by Gasteiger charge is -2.35. The Bertz CT molecular complexity index is 461. The predicted molar refractivity (Wildman–Crippen MR) is 82.0 cm³/mol. The maximum Gasteiger partial charge on any atom is 0.159 e. The molecule has 1 aromatic heterocycles. The summed E-state index contributed by atoms with van der Waals surface area (Å²) < 4.78 is 2.17. The molecule has 2 aliphatic heterocycles. The van der Waals surface area contributed by atoms with Crippen LogP contribution in [0.25, 0.3) is 0 Å². The minimum Gasteiger partial charge on any atom is -0.349 e. The van der Waals surface area contributed by atoms with Gasteiger partial charge in [-0.2, -0.15) is 5.10 Å². The minimum atomic E-state index is 0.277. The van der Waals surface area contributed by atoms with Crippen molar-refractivity contribution in [2.45, 2.75) is 25.1 Å². The molecule has 1 saturated heterocycles. The zero-order valence-corrected chi connectivity index (χ0v) is 13.0. The summed E-state index contributed by atoms with van der Waals surface area (Å²) in [4.78, 5) is 13.6. The second-order valence-corrected chi connectivity index (χ2v) is 7.62. The summed E-state index contributed by atoms with van der Waals surface area (Å²) in [6, 6.07) is 0. The number of hydrogen-bond donors (Lipinski definition) is 0. The molecular weight excluding hydrogens is 272 g/mol. The summed E-state index contributed by atoms with van der Waals surface area (Å²) in [5.41, 5.74) is 0. The van der Waals surface area contributed by atoms with Gasteiger partial charge in [0.15, 0.2) is 5.17 Å². The summed E-state index contributed by atoms with van der Waals surface area (Å²) in [6.45, 7) is 11.8. The third-order valence-electron chi connectivity index (χ3n) is 3.72. The summed E-state index contributed by atoms with van der Waals surface area (Å²) in [6.07, 6.45) is 3.37. The van der Waals surface area contributed by atoms with Gasteiger partial charge in [-0.1, -0.05) is 11.8 Å². The molecule has 0 aliphatic carbocycles. The van der Waals surface area contributed by atoms with E-state index in [1.165, 1.54) is 5.17 Å². The highest BCUT2D eigenvalue weighted by Crippen LogP contribution is 2.33. The van der Waals surface area contributed by atoms with Crippen LogP contribution >= 0.6 is 11.8 Å². The molecule has 0 N–H and O–H groups in total. The fourth-order valence-electron chi connectivity index (χ4n) is 2.49. The van der Waals surface area contributed by atoms with Crippen LogP contribution in [0.5, 0.6) is 0 Å². The highest BCUT2D eigenvalue weighted by Gasteiger charge is 2.31. The van der Waals surface area contributed by atoms with E-state index in [1.54, 1.807) is 12.7 Å². The normalized spacial score (nSPS) is 23.1. The van der Waals surface area contributed by atoms with Crippen molar-refractivity contribution in [2.24, 2.45) is 4.99 Å². The molecule has 0 amide bonds. The van der Waals surface area contributed by atoms with Gasteiger partial charge in [-0.15, -0.1) is 0 Å². The molecule has 20 heavy (non-hydrogen) atoms. The van der Waals surface area contributed by atoms with Gasteiger partial charge in [0.05, 0.1) is 13.1 Å². The van der Waals surface area contributed by atoms with Crippen LogP contribution in [0.4, 0.5) is 0 Å². The molecule has 6 nitrogen and oxygen atoms in total. The first-order chi connectivity index (χ1) is 9.62. The van der Waals surface area contributed by atoms with Crippen LogP contribution in [0.3, 0.4) is 0 Å². The SMILES string of the molecule is CC1(C)CN=C(N2CCN(CCn3cncn3)CC2)S1. The molecule has 110 valence electrons. The molecule has 7 heteroatoms. The molecule has 3 heterocycles. The Balaban J connectivity index is 1.43. The maximum absolute atomic E-state index is 4.69. The van der Waals surface area contributed by atoms with Crippen molar-refractivity contribution in [3.63, 3.8) is 0 Å². The number of piperazine rings is 1. The molecule has 0 unspecified atom stereocenters. The van der Waals surface area contributed by atoms with Crippen molar-refractivity contribution in [2.75, 3.05) is 39.3 Å². The molecule has 1 fully saturated rings. The van der Waals surface area contributed by atoms with Gasteiger partial charge in [-0.05, 0) is 13.8 Å². The lowest BCUT2D eigenvalue weighted by atomic mass is 10.2. The molecule has 0 atom stereocenters. The number of hydrogen-bond acceptors (Lipinski definition) is 6. The molecule has 2 aliphatic rings. The average Bonchev–Trinajstić information content (AvgIpc) is 3.06. The van der Waals surface area contributed by atoms with Crippen LogP contribution in [0.15, 0.2) is 17.6 Å². The number of nitrogens with zero attached hydrogens (tertiary/aromatic N) is 6. The van der Waals surface area contributed by atoms with Crippen molar-refractivity contribution in [1.29, 1.82) is 0 Å². The molecule has 0 radical (unpaired) electrons. The van der Waals surface area contributed by atoms with Crippen LogP contribution in [0, 0.1) is 0 Å². The third-order valence-corrected chi connectivity index (χ3v) is 4.97. The first-order valence-corrected chi connectivity index (χ1v) is 7.97. The van der Waals surface area contributed by atoms with Gasteiger partial charge in [0.25, 0.3) is 0 Å². The zero-order chi connectivity index (χ0) is 14.0. The number of amidine groups is 1. The first-order valence-electron chi connectivity index (χ1n) is 7.16. The highest BCUT2D eigenvalue weighted by atomic mass is 32.2. The molecule has 0 saturated carbocycles. The van der Waals surface area contributed by atoms with Gasteiger partial charge in [0.1, 0.15) is 12.7 Å². The van der Waals surface area contributed by atoms with Crippen molar-refractivity contribution in [3.05, 3.63) is 12.7 Å². The first kappa shape index (κ1) is 13.9. The van der Waals surface area contributed by atoms with E-state index in [1.807, 2.05) is 16.4 Å². The Morgan fingerprint density at radius 1 is 1.20 bits per heavy atom. The number of thioether (sulfide) groups is 1. The van der Waals surface area contributed by atoms with Gasteiger partial charge >= 0.3 is 0 Å². The van der Waals surface area contributed by atoms with Gasteiger partial charge in [-0.3, -0.25) is 14.6 Å². The van der Waals surface area contributed by atoms with Gasteiger partial charge in [-0.25, -0.2) is 4.98 Å². The smallest absolute Gasteiger partial charge is 0.159 e. The van der Waals surface area contributed by atoms with E-state index in [-0.39, 0.29) is 4.75 Å². The summed E-state index contributed by atoms with van der Waals surface area (Å²) in [5.74, 6) is 0. The quantitative estimate of drug-likeness (QED) is 0.824. The molecular formula is C13H22N6S. The summed E-state index contributed by atoms with van der Waals surface area (Å²) in [5, 5.41) is 5.38. The molecule has 1 aromatic rings. The van der Waals surface area contributed by atoms with Gasteiger partial charge < -0.3 is 4.90 Å². The minimum absolute atomic E-state index is 0.277. The van der Waals surface area contributed by atoms with E-state index < -0.39 is 0 Å². The molecule has 0 spiro atoms. The zero-order valence-electron chi connectivity index (χ0n) is 12.2. The molecule has 0 aromatic carbocycles. The molecule has 3 rings (SSSR count). The maximum atomic E-state index is 4.69. The predicted octanol–water partition coefficient (Wildman–Crippen LogP) is 0.777. The van der Waals surface area contributed by atoms with E-state index in [0.717, 1.165) is 45.8 Å². The Morgan fingerprint density at radius 3 is 2.60 bits per heavy atom. The standard InChI is InChI=1S/C13H22N6S/c1-13(2)9-15-12(20-13)18-6-3-17(4-7-18)5-8-19-11-14-10-16-19/h10-11H,3-9H2,1-2H3. The van der Waals surface area contributed by atoms with Crippen LogP contribution in [-0.4, -0.2) is 73.7 Å². The van der Waals surface area contributed by atoms with Gasteiger partial charge in [0, 0.05) is 37.5 Å². The highest BCUT2D eigenvalue weighted by molar-refractivity contribution is 8.15. The van der Waals surface area contributed by atoms with Crippen LogP contribution in [-0.2, 0) is 6.54 Å². The number of aromatic nitrogens is 3. The van der Waals surface area contributed by atoms with Crippen molar-refractivity contribution >= 4 is 16.9 Å². The largest absolute Gasteiger partial charge is 0.349 e. The summed E-state index contributed by atoms with van der Waals surface area (Å²) >= 11 is 1.92. The fourth-order valence-corrected chi connectivity index (χ4v) is 3.55. The van der Waals surface area contributed by atoms with Crippen molar-refractivity contribution in [3.8, 4) is 0 Å². The average molecular weight is 294 g/mol. The molecule has 0 bridgehead atoms. The van der Waals surface area contributed by atoms with Crippen LogP contribution in [0.2, 0.25) is 0 Å². The van der Waals surface area contributed by atoms with E-state index in [2.05, 4.69) is 38.7 Å². The van der Waals surface area contributed by atoms with Crippen molar-refractivity contribution < 1.29 is 0 Å². The van der Waals surface area contributed by atoms with Crippen molar-refractivity contribution in [1.82, 2.24) is 24.6 Å². The van der Waals surface area contributed by atoms with E-state index in [4.69, 9.17) is 0 Å². The van der Waals surface area contributed by atoms with E-state index >= 15 is 0 Å². The van der Waals surface area contributed by atoms with E-state index in [9.17, 15) is 0 Å². The topological polar surface area (TPSA) is 49.5 Å². The lowest BCUT2D eigenvalue weighted by molar-refractivity contribution is 0.177. The second-order valence-electron chi connectivity index (χ2n) is 5.95.